The molecular weight excluding hydrogens is 372 g/mol. The number of carbonyl (C=O) groups excluding carboxylic acids is 1. The molecule has 0 fully saturated rings. The summed E-state index contributed by atoms with van der Waals surface area (Å²) >= 11 is 0. The molecule has 0 aliphatic rings. The first-order chi connectivity index (χ1) is 14.6. The maximum absolute atomic E-state index is 14.1. The summed E-state index contributed by atoms with van der Waals surface area (Å²) in [7, 11) is 0. The molecule has 0 saturated heterocycles. The summed E-state index contributed by atoms with van der Waals surface area (Å²) in [5.74, 6) is -0.656. The van der Waals surface area contributed by atoms with E-state index in [-0.39, 0.29) is 17.3 Å². The number of rotatable bonds is 6. The Morgan fingerprint density at radius 3 is 1.10 bits per heavy atom. The normalized spacial score (nSPS) is 11.0. The van der Waals surface area contributed by atoms with Gasteiger partial charge in [-0.15, -0.1) is 0 Å². The number of carbonyl (C=O) groups is 1. The van der Waals surface area contributed by atoms with E-state index in [1.165, 1.54) is 0 Å². The molecule has 0 radical (unpaired) electrons. The van der Waals surface area contributed by atoms with Gasteiger partial charge in [-0.1, -0.05) is 84.9 Å². The first kappa shape index (κ1) is 19.5. The summed E-state index contributed by atoms with van der Waals surface area (Å²) in [6, 6.07) is 33.0. The molecule has 0 atom stereocenters. The van der Waals surface area contributed by atoms with Crippen molar-refractivity contribution in [2.75, 3.05) is 0 Å². The number of ketones is 1. The molecule has 0 aromatic heterocycles. The average molecular weight is 394 g/mol. The predicted octanol–water partition coefficient (Wildman–Crippen LogP) is 5.63. The van der Waals surface area contributed by atoms with Gasteiger partial charge in [0, 0.05) is 0 Å². The van der Waals surface area contributed by atoms with Crippen molar-refractivity contribution in [2.24, 2.45) is 0 Å². The molecule has 0 heterocycles. The van der Waals surface area contributed by atoms with Gasteiger partial charge in [0.1, 0.15) is 11.5 Å². The minimum atomic E-state index is -0.545. The minimum absolute atomic E-state index is 0.0313. The van der Waals surface area contributed by atoms with Gasteiger partial charge < -0.3 is 10.2 Å². The molecule has 0 amide bonds. The quantitative estimate of drug-likeness (QED) is 0.445. The van der Waals surface area contributed by atoms with E-state index >= 15 is 0 Å². The van der Waals surface area contributed by atoms with Crippen molar-refractivity contribution in [1.29, 1.82) is 0 Å². The van der Waals surface area contributed by atoms with E-state index < -0.39 is 11.8 Å². The van der Waals surface area contributed by atoms with Gasteiger partial charge in [0.15, 0.2) is 5.78 Å². The Morgan fingerprint density at radius 2 is 0.767 bits per heavy atom. The summed E-state index contributed by atoms with van der Waals surface area (Å²) in [5, 5.41) is 19.5. The lowest BCUT2D eigenvalue weighted by molar-refractivity contribution is -0.120. The third kappa shape index (κ3) is 4.11. The van der Waals surface area contributed by atoms with E-state index in [9.17, 15) is 15.0 Å². The molecule has 0 bridgehead atoms. The topological polar surface area (TPSA) is 57.5 Å². The van der Waals surface area contributed by atoms with Crippen LogP contribution in [0.15, 0.2) is 109 Å². The monoisotopic (exact) mass is 394 g/mol. The Hall–Kier alpha value is -3.85. The lowest BCUT2D eigenvalue weighted by Crippen LogP contribution is -2.23. The fourth-order valence-corrected chi connectivity index (χ4v) is 3.83. The number of hydrogen-bond acceptors (Lipinski definition) is 3. The molecule has 4 aromatic carbocycles. The van der Waals surface area contributed by atoms with Gasteiger partial charge in [0.05, 0.1) is 11.8 Å². The van der Waals surface area contributed by atoms with Crippen molar-refractivity contribution >= 4 is 5.78 Å². The van der Waals surface area contributed by atoms with Crippen molar-refractivity contribution < 1.29 is 15.0 Å². The van der Waals surface area contributed by atoms with Crippen LogP contribution in [0.5, 0.6) is 11.5 Å². The van der Waals surface area contributed by atoms with Gasteiger partial charge in [0.25, 0.3) is 0 Å². The van der Waals surface area contributed by atoms with Crippen LogP contribution in [0.1, 0.15) is 34.1 Å². The molecule has 4 aromatic rings. The zero-order chi connectivity index (χ0) is 20.9. The third-order valence-electron chi connectivity index (χ3n) is 5.29. The van der Waals surface area contributed by atoms with Gasteiger partial charge >= 0.3 is 0 Å². The largest absolute Gasteiger partial charge is 0.508 e. The Labute approximate surface area is 175 Å². The summed E-state index contributed by atoms with van der Waals surface area (Å²) in [6.07, 6.45) is 0. The van der Waals surface area contributed by atoms with Gasteiger partial charge in [-0.3, -0.25) is 4.79 Å². The zero-order valence-corrected chi connectivity index (χ0v) is 16.3. The Kier molecular flexibility index (Phi) is 5.62. The van der Waals surface area contributed by atoms with Crippen molar-refractivity contribution in [3.8, 4) is 11.5 Å². The summed E-state index contributed by atoms with van der Waals surface area (Å²) in [6.45, 7) is 0. The van der Waals surface area contributed by atoms with Gasteiger partial charge in [-0.05, 0) is 46.5 Å². The second-order valence-electron chi connectivity index (χ2n) is 7.27. The lowest BCUT2D eigenvalue weighted by atomic mass is 9.77. The SMILES string of the molecule is O=C(C(c1ccccc1)c1ccccc1)C(c1ccc(O)cc1)c1ccc(O)cc1. The zero-order valence-electron chi connectivity index (χ0n) is 16.3. The van der Waals surface area contributed by atoms with E-state index in [4.69, 9.17) is 0 Å². The maximum atomic E-state index is 14.1. The Balaban J connectivity index is 1.86. The molecule has 0 saturated carbocycles. The predicted molar refractivity (Wildman–Crippen MR) is 118 cm³/mol. The fourth-order valence-electron chi connectivity index (χ4n) is 3.83. The van der Waals surface area contributed by atoms with Crippen LogP contribution in [-0.2, 0) is 4.79 Å². The lowest BCUT2D eigenvalue weighted by Gasteiger charge is -2.24. The summed E-state index contributed by atoms with van der Waals surface area (Å²) < 4.78 is 0. The van der Waals surface area contributed by atoms with Crippen LogP contribution in [0.4, 0.5) is 0 Å². The second-order valence-corrected chi connectivity index (χ2v) is 7.27. The van der Waals surface area contributed by atoms with E-state index in [0.29, 0.717) is 0 Å². The molecule has 30 heavy (non-hydrogen) atoms. The molecule has 148 valence electrons. The Bertz CT molecular complexity index is 1020. The summed E-state index contributed by atoms with van der Waals surface area (Å²) in [5.41, 5.74) is 3.44. The first-order valence-electron chi connectivity index (χ1n) is 9.85. The average Bonchev–Trinajstić information content (AvgIpc) is 2.78. The molecule has 0 aliphatic heterocycles. The van der Waals surface area contributed by atoms with Crippen LogP contribution in [0.3, 0.4) is 0 Å². The number of aromatic hydroxyl groups is 2. The highest BCUT2D eigenvalue weighted by Gasteiger charge is 2.31. The van der Waals surface area contributed by atoms with Crippen LogP contribution in [0, 0.1) is 0 Å². The number of hydrogen-bond donors (Lipinski definition) is 2. The summed E-state index contributed by atoms with van der Waals surface area (Å²) in [4.78, 5) is 14.1. The van der Waals surface area contributed by atoms with Crippen LogP contribution in [0.25, 0.3) is 0 Å². The smallest absolute Gasteiger partial charge is 0.156 e. The third-order valence-corrected chi connectivity index (χ3v) is 5.29. The highest BCUT2D eigenvalue weighted by atomic mass is 16.3. The minimum Gasteiger partial charge on any atom is -0.508 e. The van der Waals surface area contributed by atoms with Crippen molar-refractivity contribution in [3.63, 3.8) is 0 Å². The second kappa shape index (κ2) is 8.66. The van der Waals surface area contributed by atoms with E-state index in [1.807, 2.05) is 60.7 Å². The van der Waals surface area contributed by atoms with Crippen molar-refractivity contribution in [2.45, 2.75) is 11.8 Å². The standard InChI is InChI=1S/C27H22O3/c28-23-15-11-21(12-16-23)26(22-13-17-24(29)18-14-22)27(30)25(19-7-3-1-4-8-19)20-9-5-2-6-10-20/h1-18,25-26,28-29H. The van der Waals surface area contributed by atoms with E-state index in [0.717, 1.165) is 22.3 Å². The van der Waals surface area contributed by atoms with Crippen LogP contribution < -0.4 is 0 Å². The van der Waals surface area contributed by atoms with E-state index in [1.54, 1.807) is 48.5 Å². The molecule has 2 N–H and O–H groups in total. The Morgan fingerprint density at radius 1 is 0.467 bits per heavy atom. The van der Waals surface area contributed by atoms with Gasteiger partial charge in [-0.25, -0.2) is 0 Å². The van der Waals surface area contributed by atoms with Crippen molar-refractivity contribution in [1.82, 2.24) is 0 Å². The van der Waals surface area contributed by atoms with Crippen LogP contribution in [0.2, 0.25) is 0 Å². The number of phenols is 2. The number of phenolic OH excluding ortho intramolecular Hbond substituents is 2. The molecule has 0 aliphatic carbocycles. The molecule has 0 spiro atoms. The number of benzene rings is 4. The molecular formula is C27H22O3. The molecule has 0 unspecified atom stereocenters. The molecule has 3 nitrogen and oxygen atoms in total. The first-order valence-corrected chi connectivity index (χ1v) is 9.85. The van der Waals surface area contributed by atoms with Gasteiger partial charge in [-0.2, -0.15) is 0 Å². The highest BCUT2D eigenvalue weighted by molar-refractivity contribution is 5.97. The fraction of sp³-hybridized carbons (Fsp3) is 0.0741. The van der Waals surface area contributed by atoms with E-state index in [2.05, 4.69) is 0 Å². The molecule has 4 rings (SSSR count). The highest BCUT2D eigenvalue weighted by Crippen LogP contribution is 2.36. The van der Waals surface area contributed by atoms with Crippen LogP contribution >= 0.6 is 0 Å². The number of Topliss-reactive ketones (excluding diaryl/α,β-unsaturated/α-hetero) is 1. The maximum Gasteiger partial charge on any atom is 0.156 e. The van der Waals surface area contributed by atoms with Crippen LogP contribution in [-0.4, -0.2) is 16.0 Å². The van der Waals surface area contributed by atoms with Gasteiger partial charge in [0.2, 0.25) is 0 Å². The molecule has 3 heteroatoms. The van der Waals surface area contributed by atoms with Crippen molar-refractivity contribution in [3.05, 3.63) is 131 Å².